The van der Waals surface area contributed by atoms with Gasteiger partial charge in [0.05, 0.1) is 0 Å². The number of aryl methyl sites for hydroxylation is 1. The molecule has 1 N–H and O–H groups in total. The molecule has 2 rings (SSSR count). The smallest absolute Gasteiger partial charge is 0.272 e. The van der Waals surface area contributed by atoms with Crippen molar-refractivity contribution in [3.05, 3.63) is 28.8 Å². The lowest BCUT2D eigenvalue weighted by Gasteiger charge is -2.02. The Morgan fingerprint density at radius 3 is 2.69 bits per heavy atom. The largest absolute Gasteiger partial charge is 0.359 e. The number of aromatic nitrogens is 1. The lowest BCUT2D eigenvalue weighted by Crippen LogP contribution is -2.12. The van der Waals surface area contributed by atoms with Crippen LogP contribution in [0.25, 0.3) is 0 Å². The summed E-state index contributed by atoms with van der Waals surface area (Å²) in [6.45, 7) is 3.48. The Morgan fingerprint density at radius 1 is 1.44 bits per heavy atom. The van der Waals surface area contributed by atoms with E-state index in [0.717, 1.165) is 11.3 Å². The minimum absolute atomic E-state index is 0.242. The van der Waals surface area contributed by atoms with Gasteiger partial charge in [-0.25, -0.2) is 8.42 Å². The van der Waals surface area contributed by atoms with Crippen molar-refractivity contribution >= 4 is 27.2 Å². The maximum Gasteiger partial charge on any atom is 0.272 e. The van der Waals surface area contributed by atoms with Crippen LogP contribution in [0.5, 0.6) is 0 Å². The molecule has 2 aromatic rings. The standard InChI is InChI=1S/C9H10N2O3S2/c1-6-7(2)14-10-9(6)11-16(12,13)8-4-3-5-15-8/h3-5H,1-2H3,(H,10,11). The summed E-state index contributed by atoms with van der Waals surface area (Å²) in [6.07, 6.45) is 0. The van der Waals surface area contributed by atoms with Gasteiger partial charge in [0.1, 0.15) is 9.97 Å². The molecule has 16 heavy (non-hydrogen) atoms. The highest BCUT2D eigenvalue weighted by molar-refractivity contribution is 7.94. The van der Waals surface area contributed by atoms with Crippen LogP contribution in [0.15, 0.2) is 26.2 Å². The predicted molar refractivity (Wildman–Crippen MR) is 61.1 cm³/mol. The van der Waals surface area contributed by atoms with Crippen LogP contribution in [-0.2, 0) is 10.0 Å². The van der Waals surface area contributed by atoms with Crippen molar-refractivity contribution in [2.45, 2.75) is 18.1 Å². The molecule has 0 aromatic carbocycles. The fourth-order valence-electron chi connectivity index (χ4n) is 1.11. The van der Waals surface area contributed by atoms with Crippen LogP contribution in [0.3, 0.4) is 0 Å². The van der Waals surface area contributed by atoms with Gasteiger partial charge in [0.2, 0.25) is 0 Å². The molecule has 0 radical (unpaired) electrons. The molecule has 0 aliphatic carbocycles. The Kier molecular flexibility index (Phi) is 2.73. The summed E-state index contributed by atoms with van der Waals surface area (Å²) in [5, 5.41) is 5.35. The quantitative estimate of drug-likeness (QED) is 0.915. The second-order valence-electron chi connectivity index (χ2n) is 3.25. The van der Waals surface area contributed by atoms with Crippen LogP contribution in [0.2, 0.25) is 0 Å². The molecule has 86 valence electrons. The normalized spacial score (nSPS) is 11.6. The Morgan fingerprint density at radius 2 is 2.19 bits per heavy atom. The zero-order chi connectivity index (χ0) is 11.8. The number of nitrogens with zero attached hydrogens (tertiary/aromatic N) is 1. The van der Waals surface area contributed by atoms with E-state index >= 15 is 0 Å². The number of nitrogens with one attached hydrogen (secondary N) is 1. The molecule has 0 aliphatic rings. The molecule has 0 saturated carbocycles. The first kappa shape index (κ1) is 11.2. The van der Waals surface area contributed by atoms with Crippen molar-refractivity contribution in [3.8, 4) is 0 Å². The Bertz CT molecular complexity index is 584. The highest BCUT2D eigenvalue weighted by Gasteiger charge is 2.19. The van der Waals surface area contributed by atoms with E-state index < -0.39 is 10.0 Å². The van der Waals surface area contributed by atoms with Gasteiger partial charge in [-0.2, -0.15) is 0 Å². The number of anilines is 1. The van der Waals surface area contributed by atoms with E-state index in [1.54, 1.807) is 25.3 Å². The van der Waals surface area contributed by atoms with Gasteiger partial charge >= 0.3 is 0 Å². The van der Waals surface area contributed by atoms with E-state index in [4.69, 9.17) is 4.52 Å². The zero-order valence-electron chi connectivity index (χ0n) is 8.72. The van der Waals surface area contributed by atoms with E-state index in [1.807, 2.05) is 0 Å². The molecule has 0 saturated heterocycles. The molecule has 0 aliphatic heterocycles. The number of rotatable bonds is 3. The van der Waals surface area contributed by atoms with Crippen LogP contribution in [-0.4, -0.2) is 13.6 Å². The molecule has 0 amide bonds. The average molecular weight is 258 g/mol. The fraction of sp³-hybridized carbons (Fsp3) is 0.222. The molecule has 2 aromatic heterocycles. The third-order valence-corrected chi connectivity index (χ3v) is 4.88. The van der Waals surface area contributed by atoms with E-state index in [0.29, 0.717) is 11.3 Å². The number of thiophene rings is 1. The van der Waals surface area contributed by atoms with Crippen LogP contribution in [0.1, 0.15) is 11.3 Å². The van der Waals surface area contributed by atoms with Crippen molar-refractivity contribution in [3.63, 3.8) is 0 Å². The van der Waals surface area contributed by atoms with Crippen LogP contribution < -0.4 is 4.72 Å². The zero-order valence-corrected chi connectivity index (χ0v) is 10.4. The fourth-order valence-corrected chi connectivity index (χ4v) is 3.16. The average Bonchev–Trinajstić information content (AvgIpc) is 2.83. The summed E-state index contributed by atoms with van der Waals surface area (Å²) in [5.41, 5.74) is 0.695. The van der Waals surface area contributed by atoms with Gasteiger partial charge in [-0.3, -0.25) is 4.72 Å². The lowest BCUT2D eigenvalue weighted by atomic mass is 10.3. The highest BCUT2D eigenvalue weighted by atomic mass is 32.2. The maximum absolute atomic E-state index is 11.8. The number of sulfonamides is 1. The van der Waals surface area contributed by atoms with Crippen molar-refractivity contribution in [1.82, 2.24) is 5.16 Å². The minimum Gasteiger partial charge on any atom is -0.359 e. The minimum atomic E-state index is -3.53. The lowest BCUT2D eigenvalue weighted by molar-refractivity contribution is 0.399. The second kappa shape index (κ2) is 3.91. The first-order valence-electron chi connectivity index (χ1n) is 4.50. The molecule has 0 unspecified atom stereocenters. The summed E-state index contributed by atoms with van der Waals surface area (Å²) in [4.78, 5) is 0. The van der Waals surface area contributed by atoms with Crippen molar-refractivity contribution in [2.75, 3.05) is 4.72 Å². The van der Waals surface area contributed by atoms with E-state index in [1.165, 1.54) is 6.07 Å². The summed E-state index contributed by atoms with van der Waals surface area (Å²) in [5.74, 6) is 0.842. The molecule has 0 bridgehead atoms. The molecule has 2 heterocycles. The molecular formula is C9H10N2O3S2. The Hall–Kier alpha value is -1.34. The second-order valence-corrected chi connectivity index (χ2v) is 6.11. The van der Waals surface area contributed by atoms with Crippen molar-refractivity contribution in [1.29, 1.82) is 0 Å². The molecular weight excluding hydrogens is 248 g/mol. The van der Waals surface area contributed by atoms with Gasteiger partial charge in [0, 0.05) is 5.56 Å². The molecule has 0 spiro atoms. The Balaban J connectivity index is 2.32. The van der Waals surface area contributed by atoms with Gasteiger partial charge in [-0.15, -0.1) is 11.3 Å². The number of hydrogen-bond acceptors (Lipinski definition) is 5. The first-order valence-corrected chi connectivity index (χ1v) is 6.86. The van der Waals surface area contributed by atoms with E-state index in [2.05, 4.69) is 9.88 Å². The van der Waals surface area contributed by atoms with Gasteiger partial charge in [0.25, 0.3) is 10.0 Å². The molecule has 0 atom stereocenters. The summed E-state index contributed by atoms with van der Waals surface area (Å²) < 4.78 is 31.2. The van der Waals surface area contributed by atoms with Gasteiger partial charge in [-0.1, -0.05) is 11.2 Å². The van der Waals surface area contributed by atoms with Crippen LogP contribution in [0.4, 0.5) is 5.82 Å². The van der Waals surface area contributed by atoms with E-state index in [9.17, 15) is 8.42 Å². The topological polar surface area (TPSA) is 72.2 Å². The van der Waals surface area contributed by atoms with E-state index in [-0.39, 0.29) is 10.0 Å². The van der Waals surface area contributed by atoms with Gasteiger partial charge in [0.15, 0.2) is 5.82 Å². The molecule has 0 fully saturated rings. The van der Waals surface area contributed by atoms with Gasteiger partial charge < -0.3 is 4.52 Å². The van der Waals surface area contributed by atoms with Crippen molar-refractivity contribution < 1.29 is 12.9 Å². The SMILES string of the molecule is Cc1onc(NS(=O)(=O)c2cccs2)c1C. The predicted octanol–water partition coefficient (Wildman–Crippen LogP) is 2.15. The van der Waals surface area contributed by atoms with Crippen molar-refractivity contribution in [2.24, 2.45) is 0 Å². The monoisotopic (exact) mass is 258 g/mol. The van der Waals surface area contributed by atoms with Crippen LogP contribution >= 0.6 is 11.3 Å². The summed E-state index contributed by atoms with van der Waals surface area (Å²) in [7, 11) is -3.53. The number of hydrogen-bond donors (Lipinski definition) is 1. The maximum atomic E-state index is 11.8. The third kappa shape index (κ3) is 1.96. The third-order valence-electron chi connectivity index (χ3n) is 2.15. The molecule has 5 nitrogen and oxygen atoms in total. The van der Waals surface area contributed by atoms with Gasteiger partial charge in [-0.05, 0) is 25.3 Å². The van der Waals surface area contributed by atoms with Crippen LogP contribution in [0, 0.1) is 13.8 Å². The molecule has 7 heteroatoms. The Labute approximate surface area is 97.1 Å². The first-order chi connectivity index (χ1) is 7.50. The highest BCUT2D eigenvalue weighted by Crippen LogP contribution is 2.22. The summed E-state index contributed by atoms with van der Waals surface area (Å²) >= 11 is 1.15. The summed E-state index contributed by atoms with van der Waals surface area (Å²) in [6, 6.07) is 3.22.